The lowest BCUT2D eigenvalue weighted by Gasteiger charge is -2.50. The number of allylic oxidation sites excluding steroid dienone is 2. The van der Waals surface area contributed by atoms with Crippen molar-refractivity contribution >= 4 is 31.7 Å². The van der Waals surface area contributed by atoms with Gasteiger partial charge in [-0.25, -0.2) is 4.57 Å². The third-order valence-corrected chi connectivity index (χ3v) is 23.5. The first kappa shape index (κ1) is 105. The Morgan fingerprint density at radius 1 is 0.342 bits per heavy atom. The van der Waals surface area contributed by atoms with Gasteiger partial charge in [0.05, 0.1) is 13.2 Å². The Labute approximate surface area is 686 Å². The molecule has 0 aromatic rings. The van der Waals surface area contributed by atoms with Crippen molar-refractivity contribution < 1.29 is 122 Å². The largest absolute Gasteiger partial charge is 0.472 e. The van der Waals surface area contributed by atoms with E-state index in [1.165, 1.54) is 180 Å². The molecule has 1 aliphatic carbocycles. The van der Waals surface area contributed by atoms with Crippen LogP contribution < -0.4 is 0 Å². The average molecular weight is 1650 g/mol. The molecule has 0 aromatic heterocycles. The van der Waals surface area contributed by atoms with Crippen LogP contribution in [0.25, 0.3) is 0 Å². The fourth-order valence-electron chi connectivity index (χ4n) is 15.2. The van der Waals surface area contributed by atoms with Gasteiger partial charge in [-0.3, -0.25) is 28.2 Å². The van der Waals surface area contributed by atoms with Crippen LogP contribution >= 0.6 is 7.82 Å². The second-order valence-electron chi connectivity index (χ2n) is 32.8. The molecule has 2 saturated heterocycles. The fourth-order valence-corrected chi connectivity index (χ4v) is 16.2. The van der Waals surface area contributed by atoms with Crippen LogP contribution in [-0.4, -0.2) is 205 Å². The first-order chi connectivity index (χ1) is 55.2. The van der Waals surface area contributed by atoms with E-state index in [1.807, 2.05) is 0 Å². The molecule has 2 heterocycles. The molecule has 2 aliphatic heterocycles. The highest BCUT2D eigenvalue weighted by atomic mass is 31.2. The van der Waals surface area contributed by atoms with Crippen molar-refractivity contribution in [3.8, 4) is 0 Å². The molecule has 3 aliphatic rings. The molecular formula is C88H163O25P. The summed E-state index contributed by atoms with van der Waals surface area (Å²) < 4.78 is 73.3. The minimum Gasteiger partial charge on any atom is -0.463 e. The fraction of sp³-hybridized carbons (Fsp3) is 0.932. The van der Waals surface area contributed by atoms with E-state index in [0.29, 0.717) is 38.5 Å². The van der Waals surface area contributed by atoms with Crippen LogP contribution in [0, 0.1) is 0 Å². The number of unbranched alkanes of at least 4 members (excludes halogenated alkanes) is 48. The Hall–Kier alpha value is -2.79. The Balaban J connectivity index is 1.92. The molecule has 10 N–H and O–H groups in total. The minimum absolute atomic E-state index is 0.00433. The molecule has 114 heavy (non-hydrogen) atoms. The van der Waals surface area contributed by atoms with Crippen LogP contribution in [0.3, 0.4) is 0 Å². The Bertz CT molecular complexity index is 2430. The molecular weight excluding hydrogens is 1490 g/mol. The molecule has 1 saturated carbocycles. The Kier molecular flexibility index (Phi) is 62.7. The molecule has 0 bridgehead atoms. The Morgan fingerprint density at radius 2 is 0.658 bits per heavy atom. The van der Waals surface area contributed by atoms with E-state index >= 15 is 0 Å². The van der Waals surface area contributed by atoms with Crippen molar-refractivity contribution in [3.63, 3.8) is 0 Å². The number of carbonyl (C=O) groups is 4. The van der Waals surface area contributed by atoms with Crippen molar-refractivity contribution in [1.29, 1.82) is 0 Å². The number of phosphoric ester groups is 1. The Morgan fingerprint density at radius 3 is 1.05 bits per heavy atom. The highest BCUT2D eigenvalue weighted by Gasteiger charge is 2.60. The predicted molar refractivity (Wildman–Crippen MR) is 440 cm³/mol. The normalized spacial score (nSPS) is 25.4. The SMILES string of the molecule is CCCCCCCC/C=C\CCCCCC(=O)OCC1OC(OC2C(OC(=O)CCCCCCCCCCCCCCC)C(O)C(O)C(OC3OC(CO)C(O)C(O)C3O)C2OP(=O)(O)OCC(COC(=O)CCCCCCCCCCCCCCC)OC(=O)CCCCCCCCCCCCCCCCCC)C(O)C(O)C1O. The topological polar surface area (TPSA) is 380 Å². The lowest BCUT2D eigenvalue weighted by Crippen LogP contribution is -2.70. The van der Waals surface area contributed by atoms with Crippen molar-refractivity contribution in [1.82, 2.24) is 0 Å². The highest BCUT2D eigenvalue weighted by molar-refractivity contribution is 7.47. The van der Waals surface area contributed by atoms with Gasteiger partial charge in [0.25, 0.3) is 0 Å². The summed E-state index contributed by atoms with van der Waals surface area (Å²) >= 11 is 0. The number of hydrogen-bond donors (Lipinski definition) is 10. The summed E-state index contributed by atoms with van der Waals surface area (Å²) in [5.41, 5.74) is 0. The molecule has 3 rings (SSSR count). The zero-order chi connectivity index (χ0) is 83.2. The molecule has 0 spiro atoms. The molecule has 0 radical (unpaired) electrons. The van der Waals surface area contributed by atoms with Crippen LogP contribution in [0.4, 0.5) is 0 Å². The number of aliphatic hydroxyl groups excluding tert-OH is 9. The van der Waals surface area contributed by atoms with Gasteiger partial charge in [-0.1, -0.05) is 329 Å². The summed E-state index contributed by atoms with van der Waals surface area (Å²) in [5, 5.41) is 102. The zero-order valence-corrected chi connectivity index (χ0v) is 72.0. The smallest absolute Gasteiger partial charge is 0.463 e. The van der Waals surface area contributed by atoms with Gasteiger partial charge in [0.1, 0.15) is 92.6 Å². The third-order valence-electron chi connectivity index (χ3n) is 22.5. The first-order valence-electron chi connectivity index (χ1n) is 45.9. The molecule has 0 aromatic carbocycles. The summed E-state index contributed by atoms with van der Waals surface area (Å²) in [5.74, 6) is -2.97. The number of hydrogen-bond acceptors (Lipinski definition) is 24. The first-order valence-corrected chi connectivity index (χ1v) is 47.4. The van der Waals surface area contributed by atoms with Crippen molar-refractivity contribution in [2.75, 3.05) is 26.4 Å². The molecule has 0 amide bonds. The van der Waals surface area contributed by atoms with Gasteiger partial charge in [0.2, 0.25) is 0 Å². The number of ether oxygens (including phenoxy) is 8. The molecule has 25 nitrogen and oxygen atoms in total. The van der Waals surface area contributed by atoms with Gasteiger partial charge in [-0.2, -0.15) is 0 Å². The lowest BCUT2D eigenvalue weighted by atomic mass is 9.84. The standard InChI is InChI=1S/C88H163O25P/c1-5-9-13-17-21-25-29-33-34-35-39-43-46-50-54-58-62-73(92)107-68(65-104-71(90)60-56-52-48-44-40-36-30-26-22-18-14-10-6-2)66-106-114(102,103)113-86-84(111-87-81(100)77(96)75(94)69(64-89)108-87)80(99)79(98)83(110-74(93)63-59-55-51-47-42-38-32-28-24-20-16-12-8-4)85(86)112-88-82(101)78(97)76(95)70(109-88)67-105-72(91)61-57-53-49-45-41-37-31-27-23-19-15-11-7-3/h37,41,68-70,75-89,94-101H,5-36,38-40,42-67H2,1-4H3,(H,102,103)/b41-37-. The summed E-state index contributed by atoms with van der Waals surface area (Å²) in [6.45, 7) is 5.58. The average Bonchev–Trinajstić information content (AvgIpc) is 0.755. The zero-order valence-electron chi connectivity index (χ0n) is 71.1. The number of esters is 4. The van der Waals surface area contributed by atoms with Gasteiger partial charge in [-0.05, 0) is 51.4 Å². The van der Waals surface area contributed by atoms with E-state index in [9.17, 15) is 74.6 Å². The van der Waals surface area contributed by atoms with E-state index in [-0.39, 0.29) is 25.7 Å². The summed E-state index contributed by atoms with van der Waals surface area (Å²) in [7, 11) is -5.80. The lowest BCUT2D eigenvalue weighted by molar-refractivity contribution is -0.360. The maximum Gasteiger partial charge on any atom is 0.472 e. The monoisotopic (exact) mass is 1650 g/mol. The van der Waals surface area contributed by atoms with Crippen molar-refractivity contribution in [3.05, 3.63) is 12.2 Å². The summed E-state index contributed by atoms with van der Waals surface area (Å²) in [6, 6.07) is 0. The van der Waals surface area contributed by atoms with E-state index in [2.05, 4.69) is 39.8 Å². The number of aliphatic hydroxyl groups is 9. The van der Waals surface area contributed by atoms with Gasteiger partial charge >= 0.3 is 31.7 Å². The van der Waals surface area contributed by atoms with Gasteiger partial charge in [0.15, 0.2) is 24.8 Å². The second kappa shape index (κ2) is 67.8. The van der Waals surface area contributed by atoms with Crippen molar-refractivity contribution in [2.24, 2.45) is 0 Å². The minimum atomic E-state index is -5.80. The molecule has 3 fully saturated rings. The van der Waals surface area contributed by atoms with Crippen LogP contribution in [0.15, 0.2) is 12.2 Å². The number of rotatable bonds is 74. The number of carbonyl (C=O) groups excluding carboxylic acids is 4. The van der Waals surface area contributed by atoms with E-state index in [1.54, 1.807) is 0 Å². The van der Waals surface area contributed by atoms with E-state index in [0.717, 1.165) is 122 Å². The van der Waals surface area contributed by atoms with E-state index in [4.69, 9.17) is 46.9 Å². The molecule has 26 heteroatoms. The van der Waals surface area contributed by atoms with Gasteiger partial charge in [-0.15, -0.1) is 0 Å². The molecule has 670 valence electrons. The van der Waals surface area contributed by atoms with Gasteiger partial charge < -0.3 is 88.7 Å². The van der Waals surface area contributed by atoms with Gasteiger partial charge in [0, 0.05) is 25.7 Å². The highest BCUT2D eigenvalue weighted by Crippen LogP contribution is 2.49. The maximum absolute atomic E-state index is 14.9. The predicted octanol–water partition coefficient (Wildman–Crippen LogP) is 16.4. The second-order valence-corrected chi connectivity index (χ2v) is 34.2. The molecule has 18 unspecified atom stereocenters. The maximum atomic E-state index is 14.9. The number of phosphoric acid groups is 1. The van der Waals surface area contributed by atoms with Crippen molar-refractivity contribution in [2.45, 2.75) is 498 Å². The van der Waals surface area contributed by atoms with Crippen LogP contribution in [0.5, 0.6) is 0 Å². The molecule has 18 atom stereocenters. The van der Waals surface area contributed by atoms with E-state index < -0.39 is 162 Å². The van der Waals surface area contributed by atoms with Crippen LogP contribution in [0.1, 0.15) is 394 Å². The quantitative estimate of drug-likeness (QED) is 0.00889. The summed E-state index contributed by atoms with van der Waals surface area (Å²) in [4.78, 5) is 66.3. The van der Waals surface area contributed by atoms with Crippen LogP contribution in [-0.2, 0) is 70.7 Å². The summed E-state index contributed by atoms with van der Waals surface area (Å²) in [6.07, 6.45) is 25.1. The third kappa shape index (κ3) is 48.0. The van der Waals surface area contributed by atoms with Crippen LogP contribution in [0.2, 0.25) is 0 Å².